The minimum Gasteiger partial charge on any atom is -0.330 e. The molecule has 0 atom stereocenters. The molecule has 22 heavy (non-hydrogen) atoms. The first-order valence-electron chi connectivity index (χ1n) is 7.47. The summed E-state index contributed by atoms with van der Waals surface area (Å²) in [6.45, 7) is 4.76. The van der Waals surface area contributed by atoms with Gasteiger partial charge in [-0.1, -0.05) is 36.4 Å². The van der Waals surface area contributed by atoms with Gasteiger partial charge in [0, 0.05) is 11.8 Å². The van der Waals surface area contributed by atoms with Crippen LogP contribution in [0.2, 0.25) is 0 Å². The fourth-order valence-corrected chi connectivity index (χ4v) is 2.74. The molecule has 0 aliphatic rings. The van der Waals surface area contributed by atoms with Crippen LogP contribution in [-0.2, 0) is 6.42 Å². The van der Waals surface area contributed by atoms with Crippen LogP contribution in [0.5, 0.6) is 0 Å². The third-order valence-electron chi connectivity index (χ3n) is 3.81. The quantitative estimate of drug-likeness (QED) is 0.804. The Balaban J connectivity index is 2.02. The molecule has 112 valence electrons. The maximum absolute atomic E-state index is 5.58. The van der Waals surface area contributed by atoms with Crippen LogP contribution in [0.25, 0.3) is 16.9 Å². The molecule has 3 aromatic rings. The van der Waals surface area contributed by atoms with E-state index >= 15 is 0 Å². The Kier molecular flexibility index (Phi) is 4.02. The van der Waals surface area contributed by atoms with E-state index in [2.05, 4.69) is 35.2 Å². The summed E-state index contributed by atoms with van der Waals surface area (Å²) in [4.78, 5) is 4.52. The Bertz CT molecular complexity index is 758. The predicted molar refractivity (Wildman–Crippen MR) is 89.0 cm³/mol. The maximum Gasteiger partial charge on any atom is 0.153 e. The van der Waals surface area contributed by atoms with E-state index in [-0.39, 0.29) is 0 Å². The molecule has 4 heteroatoms. The zero-order valence-electron chi connectivity index (χ0n) is 13.0. The van der Waals surface area contributed by atoms with Gasteiger partial charge in [-0.3, -0.25) is 0 Å². The molecular formula is C18H20N4. The molecule has 2 N–H and O–H groups in total. The van der Waals surface area contributed by atoms with Gasteiger partial charge in [0.2, 0.25) is 0 Å². The summed E-state index contributed by atoms with van der Waals surface area (Å²) in [7, 11) is 0. The van der Waals surface area contributed by atoms with Crippen molar-refractivity contribution in [2.75, 3.05) is 6.54 Å². The average molecular weight is 292 g/mol. The second kappa shape index (κ2) is 6.12. The number of benzene rings is 1. The van der Waals surface area contributed by atoms with Crippen LogP contribution in [0.3, 0.4) is 0 Å². The zero-order chi connectivity index (χ0) is 15.5. The highest BCUT2D eigenvalue weighted by atomic mass is 15.3. The van der Waals surface area contributed by atoms with Crippen LogP contribution >= 0.6 is 0 Å². The normalized spacial score (nSPS) is 10.9. The number of nitrogens with two attached hydrogens (primary N) is 1. The molecule has 4 nitrogen and oxygen atoms in total. The van der Waals surface area contributed by atoms with Gasteiger partial charge < -0.3 is 5.73 Å². The first kappa shape index (κ1) is 14.5. The molecule has 1 aromatic carbocycles. The number of aryl methyl sites for hydroxylation is 1. The number of nitrogens with zero attached hydrogens (tertiary/aromatic N) is 3. The number of pyridine rings is 1. The van der Waals surface area contributed by atoms with Crippen molar-refractivity contribution in [2.45, 2.75) is 20.3 Å². The van der Waals surface area contributed by atoms with Crippen LogP contribution in [0, 0.1) is 13.8 Å². The first-order chi connectivity index (χ1) is 10.7. The zero-order valence-corrected chi connectivity index (χ0v) is 13.0. The molecule has 0 bridgehead atoms. The fraction of sp³-hybridized carbons (Fsp3) is 0.222. The lowest BCUT2D eigenvalue weighted by atomic mass is 10.0. The average Bonchev–Trinajstić information content (AvgIpc) is 2.84. The number of hydrogen-bond acceptors (Lipinski definition) is 3. The molecule has 2 heterocycles. The molecule has 0 aliphatic heterocycles. The van der Waals surface area contributed by atoms with E-state index in [1.165, 1.54) is 11.1 Å². The van der Waals surface area contributed by atoms with Crippen molar-refractivity contribution in [3.8, 4) is 16.9 Å². The molecule has 0 spiro atoms. The van der Waals surface area contributed by atoms with Crippen LogP contribution in [0.4, 0.5) is 0 Å². The van der Waals surface area contributed by atoms with Crippen molar-refractivity contribution in [3.63, 3.8) is 0 Å². The molecule has 0 fully saturated rings. The molecule has 0 saturated heterocycles. The number of rotatable bonds is 4. The molecule has 3 rings (SSSR count). The van der Waals surface area contributed by atoms with Gasteiger partial charge in [0.05, 0.1) is 11.4 Å². The molecule has 0 saturated carbocycles. The summed E-state index contributed by atoms with van der Waals surface area (Å²) in [6, 6.07) is 14.4. The second-order valence-corrected chi connectivity index (χ2v) is 5.39. The second-order valence-electron chi connectivity index (χ2n) is 5.39. The minimum absolute atomic E-state index is 0.638. The largest absolute Gasteiger partial charge is 0.330 e. The van der Waals surface area contributed by atoms with Gasteiger partial charge in [-0.2, -0.15) is 5.10 Å². The predicted octanol–water partition coefficient (Wildman–Crippen LogP) is 3.05. The van der Waals surface area contributed by atoms with Gasteiger partial charge in [0.15, 0.2) is 5.82 Å². The molecule has 0 radical (unpaired) electrons. The van der Waals surface area contributed by atoms with E-state index < -0.39 is 0 Å². The number of hydrogen-bond donors (Lipinski definition) is 1. The molecule has 2 aromatic heterocycles. The third-order valence-corrected chi connectivity index (χ3v) is 3.81. The highest BCUT2D eigenvalue weighted by Crippen LogP contribution is 2.27. The van der Waals surface area contributed by atoms with Crippen molar-refractivity contribution in [1.29, 1.82) is 0 Å². The van der Waals surface area contributed by atoms with Gasteiger partial charge in [-0.15, -0.1) is 0 Å². The van der Waals surface area contributed by atoms with Crippen molar-refractivity contribution < 1.29 is 0 Å². The lowest BCUT2D eigenvalue weighted by Gasteiger charge is -2.06. The lowest BCUT2D eigenvalue weighted by molar-refractivity contribution is 0.802. The first-order valence-corrected chi connectivity index (χ1v) is 7.47. The SMILES string of the molecule is Cc1nn(-c2ccc(CCN)cn2)c(C)c1-c1ccccc1. The van der Waals surface area contributed by atoms with Crippen molar-refractivity contribution in [1.82, 2.24) is 14.8 Å². The highest BCUT2D eigenvalue weighted by Gasteiger charge is 2.14. The van der Waals surface area contributed by atoms with E-state index in [4.69, 9.17) is 5.73 Å². The smallest absolute Gasteiger partial charge is 0.153 e. The fourth-order valence-electron chi connectivity index (χ4n) is 2.74. The maximum atomic E-state index is 5.58. The van der Waals surface area contributed by atoms with E-state index in [0.29, 0.717) is 6.54 Å². The Morgan fingerprint density at radius 1 is 1.05 bits per heavy atom. The van der Waals surface area contributed by atoms with E-state index in [0.717, 1.165) is 29.2 Å². The summed E-state index contributed by atoms with van der Waals surface area (Å²) < 4.78 is 1.91. The van der Waals surface area contributed by atoms with Crippen LogP contribution in [-0.4, -0.2) is 21.3 Å². The van der Waals surface area contributed by atoms with E-state index in [1.54, 1.807) is 0 Å². The van der Waals surface area contributed by atoms with Crippen molar-refractivity contribution >= 4 is 0 Å². The molecule has 0 amide bonds. The summed E-state index contributed by atoms with van der Waals surface area (Å²) in [6.07, 6.45) is 2.72. The summed E-state index contributed by atoms with van der Waals surface area (Å²) in [5, 5.41) is 4.66. The standard InChI is InChI=1S/C18H20N4/c1-13-18(16-6-4-3-5-7-16)14(2)22(21-13)17-9-8-15(10-11-19)12-20-17/h3-9,12H,10-11,19H2,1-2H3. The van der Waals surface area contributed by atoms with E-state index in [9.17, 15) is 0 Å². The minimum atomic E-state index is 0.638. The lowest BCUT2D eigenvalue weighted by Crippen LogP contribution is -2.05. The van der Waals surface area contributed by atoms with Crippen LogP contribution in [0.1, 0.15) is 17.0 Å². The Morgan fingerprint density at radius 3 is 2.45 bits per heavy atom. The molecule has 0 unspecified atom stereocenters. The summed E-state index contributed by atoms with van der Waals surface area (Å²) in [5.41, 5.74) is 11.2. The van der Waals surface area contributed by atoms with Gasteiger partial charge in [0.1, 0.15) is 0 Å². The summed E-state index contributed by atoms with van der Waals surface area (Å²) in [5.74, 6) is 0.837. The third kappa shape index (κ3) is 2.65. The van der Waals surface area contributed by atoms with Crippen LogP contribution in [0.15, 0.2) is 48.7 Å². The summed E-state index contributed by atoms with van der Waals surface area (Å²) >= 11 is 0. The van der Waals surface area contributed by atoms with Gasteiger partial charge >= 0.3 is 0 Å². The van der Waals surface area contributed by atoms with Crippen LogP contribution < -0.4 is 5.73 Å². The van der Waals surface area contributed by atoms with Crippen molar-refractivity contribution in [3.05, 3.63) is 65.6 Å². The molecular weight excluding hydrogens is 272 g/mol. The Hall–Kier alpha value is -2.46. The topological polar surface area (TPSA) is 56.7 Å². The van der Waals surface area contributed by atoms with Gasteiger partial charge in [-0.25, -0.2) is 9.67 Å². The van der Waals surface area contributed by atoms with Gasteiger partial charge in [0.25, 0.3) is 0 Å². The Morgan fingerprint density at radius 2 is 1.82 bits per heavy atom. The van der Waals surface area contributed by atoms with E-state index in [1.807, 2.05) is 42.1 Å². The highest BCUT2D eigenvalue weighted by molar-refractivity contribution is 5.69. The van der Waals surface area contributed by atoms with Gasteiger partial charge in [-0.05, 0) is 44.0 Å². The Labute approximate surface area is 130 Å². The van der Waals surface area contributed by atoms with Crippen molar-refractivity contribution in [2.24, 2.45) is 5.73 Å². The number of aromatic nitrogens is 3. The molecule has 0 aliphatic carbocycles. The monoisotopic (exact) mass is 292 g/mol.